The van der Waals surface area contributed by atoms with E-state index >= 15 is 0 Å². The van der Waals surface area contributed by atoms with Gasteiger partial charge in [-0.2, -0.15) is 0 Å². The Morgan fingerprint density at radius 3 is 1.71 bits per heavy atom. The van der Waals surface area contributed by atoms with Gasteiger partial charge in [0, 0.05) is 0 Å². The van der Waals surface area contributed by atoms with Crippen molar-refractivity contribution in [1.29, 1.82) is 0 Å². The molecule has 0 aromatic rings. The average molecular weight is 297 g/mol. The maximum atomic E-state index is 2.49. The van der Waals surface area contributed by atoms with Crippen LogP contribution in [0.2, 0.25) is 0 Å². The molecule has 21 heavy (non-hydrogen) atoms. The fourth-order valence-electron chi connectivity index (χ4n) is 3.65. The predicted molar refractivity (Wildman–Crippen MR) is 98.9 cm³/mol. The summed E-state index contributed by atoms with van der Waals surface area (Å²) < 4.78 is 0. The van der Waals surface area contributed by atoms with Crippen LogP contribution >= 0.6 is 0 Å². The largest absolute Gasteiger partial charge is 0.0654 e. The maximum absolute atomic E-state index is 2.49. The van der Waals surface area contributed by atoms with Crippen LogP contribution in [0.5, 0.6) is 0 Å². The molecule has 1 saturated carbocycles. The van der Waals surface area contributed by atoms with Crippen LogP contribution in [0.15, 0.2) is 0 Å². The topological polar surface area (TPSA) is 0 Å². The Labute approximate surface area is 136 Å². The van der Waals surface area contributed by atoms with Crippen LogP contribution in [0, 0.1) is 17.3 Å². The van der Waals surface area contributed by atoms with Crippen molar-refractivity contribution in [2.45, 2.75) is 119 Å². The minimum atomic E-state index is 0.726. The van der Waals surface area contributed by atoms with Crippen molar-refractivity contribution in [3.8, 4) is 0 Å². The third-order valence-electron chi connectivity index (χ3n) is 5.72. The molecular formula is C21H44. The summed E-state index contributed by atoms with van der Waals surface area (Å²) in [5.74, 6) is 1.96. The second kappa shape index (κ2) is 12.5. The molecule has 1 aliphatic carbocycles. The highest BCUT2D eigenvalue weighted by Gasteiger charge is 2.28. The van der Waals surface area contributed by atoms with E-state index in [1.54, 1.807) is 0 Å². The summed E-state index contributed by atoms with van der Waals surface area (Å²) in [4.78, 5) is 0. The van der Waals surface area contributed by atoms with Gasteiger partial charge in [-0.25, -0.2) is 0 Å². The molecular weight excluding hydrogens is 252 g/mol. The van der Waals surface area contributed by atoms with Crippen LogP contribution in [0.4, 0.5) is 0 Å². The highest BCUT2D eigenvalue weighted by atomic mass is 14.3. The van der Waals surface area contributed by atoms with E-state index in [2.05, 4.69) is 41.5 Å². The standard InChI is InChI=1S/C12H24.C9H20/c1-4-11(2)7-10-12(3)8-5-6-9-12;1-4-7-9(6-3)8-5-2/h11H,4-10H2,1-3H3;9H,4-8H2,1-3H3. The lowest BCUT2D eigenvalue weighted by Gasteiger charge is -2.24. The van der Waals surface area contributed by atoms with Crippen molar-refractivity contribution >= 4 is 0 Å². The van der Waals surface area contributed by atoms with Crippen LogP contribution in [0.1, 0.15) is 119 Å². The Morgan fingerprint density at radius 1 is 0.810 bits per heavy atom. The number of rotatable bonds is 9. The molecule has 1 atom stereocenters. The molecule has 0 aromatic heterocycles. The van der Waals surface area contributed by atoms with Gasteiger partial charge in [0.2, 0.25) is 0 Å². The van der Waals surface area contributed by atoms with Gasteiger partial charge in [0.05, 0.1) is 0 Å². The van der Waals surface area contributed by atoms with Gasteiger partial charge in [0.1, 0.15) is 0 Å². The minimum Gasteiger partial charge on any atom is -0.0654 e. The van der Waals surface area contributed by atoms with Crippen molar-refractivity contribution in [3.05, 3.63) is 0 Å². The summed E-state index contributed by atoms with van der Waals surface area (Å²) in [6, 6.07) is 0. The Kier molecular flexibility index (Phi) is 12.5. The van der Waals surface area contributed by atoms with E-state index in [0.29, 0.717) is 0 Å². The molecule has 0 heteroatoms. The summed E-state index contributed by atoms with van der Waals surface area (Å²) >= 11 is 0. The van der Waals surface area contributed by atoms with Gasteiger partial charge in [-0.05, 0) is 36.5 Å². The van der Waals surface area contributed by atoms with E-state index in [4.69, 9.17) is 0 Å². The molecule has 0 amide bonds. The quantitative estimate of drug-likeness (QED) is 0.404. The first-order valence-corrected chi connectivity index (χ1v) is 10.0. The van der Waals surface area contributed by atoms with Gasteiger partial charge >= 0.3 is 0 Å². The lowest BCUT2D eigenvalue weighted by molar-refractivity contribution is 0.275. The fraction of sp³-hybridized carbons (Fsp3) is 1.00. The smallest absolute Gasteiger partial charge is 0.0326 e. The molecule has 0 aliphatic heterocycles. The molecule has 128 valence electrons. The monoisotopic (exact) mass is 296 g/mol. The van der Waals surface area contributed by atoms with Crippen molar-refractivity contribution in [2.24, 2.45) is 17.3 Å². The van der Waals surface area contributed by atoms with Crippen LogP contribution in [-0.2, 0) is 0 Å². The average Bonchev–Trinajstić information content (AvgIpc) is 2.92. The van der Waals surface area contributed by atoms with Crippen LogP contribution in [-0.4, -0.2) is 0 Å². The zero-order valence-electron chi connectivity index (χ0n) is 16.1. The van der Waals surface area contributed by atoms with Crippen molar-refractivity contribution in [2.75, 3.05) is 0 Å². The second-order valence-electron chi connectivity index (χ2n) is 7.92. The molecule has 0 radical (unpaired) electrons. The highest BCUT2D eigenvalue weighted by molar-refractivity contribution is 4.80. The van der Waals surface area contributed by atoms with E-state index < -0.39 is 0 Å². The SMILES string of the molecule is CCC(C)CCC1(C)CCCC1.CCCC(CC)CCC. The van der Waals surface area contributed by atoms with E-state index in [0.717, 1.165) is 17.3 Å². The summed E-state index contributed by atoms with van der Waals surface area (Å²) in [5.41, 5.74) is 0.726. The van der Waals surface area contributed by atoms with Crippen molar-refractivity contribution < 1.29 is 0 Å². The molecule has 0 spiro atoms. The molecule has 1 fully saturated rings. The van der Waals surface area contributed by atoms with Crippen molar-refractivity contribution in [1.82, 2.24) is 0 Å². The summed E-state index contributed by atoms with van der Waals surface area (Å²) in [6.07, 6.45) is 17.2. The molecule has 1 rings (SSSR count). The molecule has 0 bridgehead atoms. The minimum absolute atomic E-state index is 0.726. The maximum Gasteiger partial charge on any atom is -0.0326 e. The van der Waals surface area contributed by atoms with Gasteiger partial charge in [-0.15, -0.1) is 0 Å². The van der Waals surface area contributed by atoms with Crippen LogP contribution in [0.3, 0.4) is 0 Å². The third-order valence-corrected chi connectivity index (χ3v) is 5.72. The number of hydrogen-bond acceptors (Lipinski definition) is 0. The summed E-state index contributed by atoms with van der Waals surface area (Å²) in [7, 11) is 0. The zero-order valence-corrected chi connectivity index (χ0v) is 16.1. The van der Waals surface area contributed by atoms with Gasteiger partial charge in [-0.3, -0.25) is 0 Å². The molecule has 0 saturated heterocycles. The molecule has 1 aliphatic rings. The van der Waals surface area contributed by atoms with Gasteiger partial charge in [0.25, 0.3) is 0 Å². The van der Waals surface area contributed by atoms with Gasteiger partial charge in [-0.1, -0.05) is 99.3 Å². The Morgan fingerprint density at radius 2 is 1.33 bits per heavy atom. The fourth-order valence-corrected chi connectivity index (χ4v) is 3.65. The molecule has 0 nitrogen and oxygen atoms in total. The normalized spacial score (nSPS) is 18.4. The second-order valence-corrected chi connectivity index (χ2v) is 7.92. The summed E-state index contributed by atoms with van der Waals surface area (Å²) in [6.45, 7) is 14.0. The zero-order chi connectivity index (χ0) is 16.1. The Hall–Kier alpha value is 0. The van der Waals surface area contributed by atoms with E-state index in [9.17, 15) is 0 Å². The Bertz CT molecular complexity index is 206. The summed E-state index contributed by atoms with van der Waals surface area (Å²) in [5, 5.41) is 0. The lowest BCUT2D eigenvalue weighted by Crippen LogP contribution is -2.12. The first kappa shape index (κ1) is 21.0. The van der Waals surface area contributed by atoms with E-state index in [1.165, 1.54) is 77.0 Å². The van der Waals surface area contributed by atoms with Crippen molar-refractivity contribution in [3.63, 3.8) is 0 Å². The van der Waals surface area contributed by atoms with Crippen LogP contribution in [0.25, 0.3) is 0 Å². The van der Waals surface area contributed by atoms with Gasteiger partial charge in [0.15, 0.2) is 0 Å². The highest BCUT2D eigenvalue weighted by Crippen LogP contribution is 2.42. The molecule has 1 unspecified atom stereocenters. The predicted octanol–water partition coefficient (Wildman–Crippen LogP) is 8.01. The third kappa shape index (κ3) is 10.4. The molecule has 0 aromatic carbocycles. The van der Waals surface area contributed by atoms with Gasteiger partial charge < -0.3 is 0 Å². The first-order chi connectivity index (χ1) is 10.0. The molecule has 0 N–H and O–H groups in total. The van der Waals surface area contributed by atoms with E-state index in [-0.39, 0.29) is 0 Å². The molecule has 0 heterocycles. The van der Waals surface area contributed by atoms with E-state index in [1.807, 2.05) is 0 Å². The number of hydrogen-bond donors (Lipinski definition) is 0. The Balaban J connectivity index is 0.000000400. The lowest BCUT2D eigenvalue weighted by atomic mass is 9.81. The van der Waals surface area contributed by atoms with Crippen LogP contribution < -0.4 is 0 Å². The first-order valence-electron chi connectivity index (χ1n) is 10.0.